The van der Waals surface area contributed by atoms with Crippen molar-refractivity contribution in [2.24, 2.45) is 17.6 Å². The van der Waals surface area contributed by atoms with Crippen LogP contribution in [0.5, 0.6) is 0 Å². The molecule has 3 rings (SSSR count). The molecule has 1 aromatic carbocycles. The van der Waals surface area contributed by atoms with Crippen LogP contribution in [-0.4, -0.2) is 29.9 Å². The summed E-state index contributed by atoms with van der Waals surface area (Å²) in [7, 11) is 0. The molecule has 1 amide bonds. The van der Waals surface area contributed by atoms with Crippen LogP contribution >= 0.6 is 12.4 Å². The van der Waals surface area contributed by atoms with Gasteiger partial charge >= 0.3 is 0 Å². The highest BCUT2D eigenvalue weighted by Crippen LogP contribution is 2.35. The fraction of sp³-hybridized carbons (Fsp3) is 0.562. The summed E-state index contributed by atoms with van der Waals surface area (Å²) in [6.07, 6.45) is 3.15. The van der Waals surface area contributed by atoms with Crippen LogP contribution in [0.4, 0.5) is 8.78 Å². The minimum atomic E-state index is -0.917. The van der Waals surface area contributed by atoms with E-state index >= 15 is 0 Å². The molecule has 1 aromatic rings. The lowest BCUT2D eigenvalue weighted by atomic mass is 9.78. The molecule has 3 unspecified atom stereocenters. The standard InChI is InChI=1S/C16H20F2N2O.ClH/c17-13-5-1-3-10(16(13)18)7-15(21)20-8-11-4-2-6-14(19)12(11)9-20;/h1,3,5,11-12,14H,2,4,6-9,19H2;1H. The topological polar surface area (TPSA) is 46.3 Å². The van der Waals surface area contributed by atoms with Crippen LogP contribution in [0.2, 0.25) is 0 Å². The molecule has 6 heteroatoms. The molecule has 0 aromatic heterocycles. The van der Waals surface area contributed by atoms with Crippen LogP contribution < -0.4 is 5.73 Å². The molecule has 22 heavy (non-hydrogen) atoms. The molecule has 1 aliphatic heterocycles. The van der Waals surface area contributed by atoms with Gasteiger partial charge in [0, 0.05) is 24.7 Å². The average molecular weight is 331 g/mol. The molecule has 2 aliphatic rings. The second-order valence-corrected chi connectivity index (χ2v) is 6.21. The lowest BCUT2D eigenvalue weighted by Gasteiger charge is -2.29. The first kappa shape index (κ1) is 17.2. The number of carbonyl (C=O) groups excluding carboxylic acids is 1. The summed E-state index contributed by atoms with van der Waals surface area (Å²) in [5, 5.41) is 0. The SMILES string of the molecule is Cl.NC1CCCC2CN(C(=O)Cc3cccc(F)c3F)CC12. The van der Waals surface area contributed by atoms with Crippen molar-refractivity contribution in [3.8, 4) is 0 Å². The molecule has 1 aliphatic carbocycles. The van der Waals surface area contributed by atoms with E-state index in [-0.39, 0.29) is 36.3 Å². The smallest absolute Gasteiger partial charge is 0.227 e. The number of rotatable bonds is 2. The van der Waals surface area contributed by atoms with Crippen molar-refractivity contribution in [1.29, 1.82) is 0 Å². The Morgan fingerprint density at radius 1 is 1.27 bits per heavy atom. The molecule has 2 N–H and O–H groups in total. The van der Waals surface area contributed by atoms with E-state index in [9.17, 15) is 13.6 Å². The van der Waals surface area contributed by atoms with Crippen LogP contribution in [0.15, 0.2) is 18.2 Å². The zero-order chi connectivity index (χ0) is 15.0. The van der Waals surface area contributed by atoms with Crippen molar-refractivity contribution in [1.82, 2.24) is 4.90 Å². The van der Waals surface area contributed by atoms with Gasteiger partial charge in [-0.15, -0.1) is 12.4 Å². The Morgan fingerprint density at radius 3 is 2.77 bits per heavy atom. The second kappa shape index (κ2) is 6.92. The predicted octanol–water partition coefficient (Wildman–Crippen LogP) is 2.51. The van der Waals surface area contributed by atoms with Gasteiger partial charge in [-0.1, -0.05) is 18.6 Å². The highest BCUT2D eigenvalue weighted by molar-refractivity contribution is 5.85. The highest BCUT2D eigenvalue weighted by Gasteiger charge is 2.40. The van der Waals surface area contributed by atoms with Gasteiger partial charge in [-0.2, -0.15) is 0 Å². The van der Waals surface area contributed by atoms with Gasteiger partial charge in [0.2, 0.25) is 5.91 Å². The van der Waals surface area contributed by atoms with Crippen LogP contribution in [0.3, 0.4) is 0 Å². The van der Waals surface area contributed by atoms with Gasteiger partial charge in [0.15, 0.2) is 11.6 Å². The number of carbonyl (C=O) groups is 1. The lowest BCUT2D eigenvalue weighted by molar-refractivity contribution is -0.129. The number of nitrogens with two attached hydrogens (primary N) is 1. The summed E-state index contributed by atoms with van der Waals surface area (Å²) in [6, 6.07) is 4.12. The van der Waals surface area contributed by atoms with E-state index in [0.717, 1.165) is 25.3 Å². The number of benzene rings is 1. The third-order valence-corrected chi connectivity index (χ3v) is 4.88. The first-order chi connectivity index (χ1) is 10.1. The molecular formula is C16H21ClF2N2O. The molecule has 3 nitrogen and oxygen atoms in total. The molecule has 0 spiro atoms. The molecule has 0 bridgehead atoms. The third kappa shape index (κ3) is 3.25. The van der Waals surface area contributed by atoms with Gasteiger partial charge in [0.25, 0.3) is 0 Å². The van der Waals surface area contributed by atoms with Gasteiger partial charge in [-0.3, -0.25) is 4.79 Å². The Hall–Kier alpha value is -1.20. The summed E-state index contributed by atoms with van der Waals surface area (Å²) < 4.78 is 26.8. The maximum Gasteiger partial charge on any atom is 0.227 e. The van der Waals surface area contributed by atoms with Crippen molar-refractivity contribution in [3.05, 3.63) is 35.4 Å². The van der Waals surface area contributed by atoms with Gasteiger partial charge in [0.1, 0.15) is 0 Å². The van der Waals surface area contributed by atoms with Gasteiger partial charge < -0.3 is 10.6 Å². The minimum absolute atomic E-state index is 0. The van der Waals surface area contributed by atoms with E-state index in [1.807, 2.05) is 0 Å². The summed E-state index contributed by atoms with van der Waals surface area (Å²) >= 11 is 0. The Kier molecular flexibility index (Phi) is 5.40. The highest BCUT2D eigenvalue weighted by atomic mass is 35.5. The number of amides is 1. The minimum Gasteiger partial charge on any atom is -0.342 e. The number of hydrogen-bond donors (Lipinski definition) is 1. The van der Waals surface area contributed by atoms with Crippen molar-refractivity contribution >= 4 is 18.3 Å². The molecule has 3 atom stereocenters. The van der Waals surface area contributed by atoms with Crippen molar-refractivity contribution in [2.75, 3.05) is 13.1 Å². The van der Waals surface area contributed by atoms with E-state index in [1.165, 1.54) is 12.1 Å². The molecular weight excluding hydrogens is 310 g/mol. The number of halogens is 3. The summed E-state index contributed by atoms with van der Waals surface area (Å²) in [5.74, 6) is -1.13. The van der Waals surface area contributed by atoms with E-state index in [4.69, 9.17) is 5.73 Å². The first-order valence-electron chi connectivity index (χ1n) is 7.52. The Balaban J connectivity index is 0.00000176. The fourth-order valence-electron chi connectivity index (χ4n) is 3.68. The molecule has 122 valence electrons. The average Bonchev–Trinajstić information content (AvgIpc) is 2.89. The van der Waals surface area contributed by atoms with E-state index in [2.05, 4.69) is 0 Å². The van der Waals surface area contributed by atoms with Crippen molar-refractivity contribution in [2.45, 2.75) is 31.7 Å². The Morgan fingerprint density at radius 2 is 2.05 bits per heavy atom. The van der Waals surface area contributed by atoms with Crippen LogP contribution in [-0.2, 0) is 11.2 Å². The van der Waals surface area contributed by atoms with Crippen molar-refractivity contribution in [3.63, 3.8) is 0 Å². The van der Waals surface area contributed by atoms with Gasteiger partial charge in [0.05, 0.1) is 6.42 Å². The normalized spacial score (nSPS) is 27.2. The summed E-state index contributed by atoms with van der Waals surface area (Å²) in [4.78, 5) is 14.1. The zero-order valence-corrected chi connectivity index (χ0v) is 13.1. The van der Waals surface area contributed by atoms with Crippen LogP contribution in [0.25, 0.3) is 0 Å². The van der Waals surface area contributed by atoms with Crippen LogP contribution in [0.1, 0.15) is 24.8 Å². The monoisotopic (exact) mass is 330 g/mol. The van der Waals surface area contributed by atoms with Crippen molar-refractivity contribution < 1.29 is 13.6 Å². The van der Waals surface area contributed by atoms with E-state index in [1.54, 1.807) is 4.90 Å². The molecule has 1 heterocycles. The lowest BCUT2D eigenvalue weighted by Crippen LogP contribution is -2.38. The Labute approximate surface area is 135 Å². The molecule has 0 radical (unpaired) electrons. The maximum absolute atomic E-state index is 13.6. The first-order valence-corrected chi connectivity index (χ1v) is 7.52. The zero-order valence-electron chi connectivity index (χ0n) is 12.3. The van der Waals surface area contributed by atoms with E-state index in [0.29, 0.717) is 24.9 Å². The largest absolute Gasteiger partial charge is 0.342 e. The predicted molar refractivity (Wildman–Crippen MR) is 82.7 cm³/mol. The number of hydrogen-bond acceptors (Lipinski definition) is 2. The fourth-order valence-corrected chi connectivity index (χ4v) is 3.68. The molecule has 2 fully saturated rings. The third-order valence-electron chi connectivity index (χ3n) is 4.88. The maximum atomic E-state index is 13.6. The quantitative estimate of drug-likeness (QED) is 0.905. The van der Waals surface area contributed by atoms with Gasteiger partial charge in [-0.05, 0) is 30.7 Å². The Bertz CT molecular complexity index is 555. The van der Waals surface area contributed by atoms with Crippen LogP contribution in [0, 0.1) is 23.5 Å². The number of nitrogens with zero attached hydrogens (tertiary/aromatic N) is 1. The molecule has 1 saturated heterocycles. The summed E-state index contributed by atoms with van der Waals surface area (Å²) in [5.41, 5.74) is 6.26. The number of likely N-dealkylation sites (tertiary alicyclic amines) is 1. The summed E-state index contributed by atoms with van der Waals surface area (Å²) in [6.45, 7) is 1.36. The molecule has 1 saturated carbocycles. The van der Waals surface area contributed by atoms with Gasteiger partial charge in [-0.25, -0.2) is 8.78 Å². The van der Waals surface area contributed by atoms with E-state index < -0.39 is 11.6 Å². The second-order valence-electron chi connectivity index (χ2n) is 6.21. The number of fused-ring (bicyclic) bond motifs is 1.